The number of benzene rings is 5. The van der Waals surface area contributed by atoms with Gasteiger partial charge in [-0.05, 0) is 245 Å². The number of aliphatic hydroxyl groups is 2. The summed E-state index contributed by atoms with van der Waals surface area (Å²) in [7, 11) is 0. The van der Waals surface area contributed by atoms with Gasteiger partial charge in [0, 0.05) is 5.56 Å². The molecule has 11 rings (SSSR count). The van der Waals surface area contributed by atoms with Crippen molar-refractivity contribution in [1.29, 1.82) is 0 Å². The molecule has 0 aromatic heterocycles. The van der Waals surface area contributed by atoms with Crippen LogP contribution in [0.2, 0.25) is 0 Å². The van der Waals surface area contributed by atoms with Gasteiger partial charge in [0.25, 0.3) is 0 Å². The molecule has 5 aromatic carbocycles. The second-order valence-corrected chi connectivity index (χ2v) is 29.2. The first-order valence-corrected chi connectivity index (χ1v) is 35.8. The first-order valence-electron chi connectivity index (χ1n) is 35.8. The summed E-state index contributed by atoms with van der Waals surface area (Å²) in [6.07, 6.45) is 35.1. The van der Waals surface area contributed by atoms with E-state index in [-0.39, 0.29) is 0 Å². The monoisotopic (exact) mass is 1150 g/mol. The fraction of sp³-hybridized carbons (Fsp3) is 0.630. The molecule has 5 aromatic rings. The Bertz CT molecular complexity index is 2550. The highest BCUT2D eigenvalue weighted by molar-refractivity contribution is 5.48. The highest BCUT2D eigenvalue weighted by Gasteiger charge is 2.63. The number of ether oxygens (including phenoxy) is 2. The minimum Gasteiger partial charge on any atom is -0.378 e. The van der Waals surface area contributed by atoms with Gasteiger partial charge in [-0.2, -0.15) is 0 Å². The molecule has 4 heteroatoms. The van der Waals surface area contributed by atoms with Crippen molar-refractivity contribution >= 4 is 0 Å². The van der Waals surface area contributed by atoms with Crippen LogP contribution in [0.15, 0.2) is 121 Å². The maximum Gasteiger partial charge on any atom is 0.193 e. The average molecular weight is 1150 g/mol. The van der Waals surface area contributed by atoms with E-state index in [0.29, 0.717) is 29.6 Å². The zero-order valence-corrected chi connectivity index (χ0v) is 53.9. The summed E-state index contributed by atoms with van der Waals surface area (Å²) in [6, 6.07) is 45.3. The molecule has 0 bridgehead atoms. The van der Waals surface area contributed by atoms with Crippen molar-refractivity contribution in [2.75, 3.05) is 0 Å². The Labute approximate surface area is 516 Å². The Hall–Kier alpha value is -4.06. The predicted octanol–water partition coefficient (Wildman–Crippen LogP) is 21.9. The summed E-state index contributed by atoms with van der Waals surface area (Å²) in [5.74, 6) is 4.89. The summed E-state index contributed by atoms with van der Waals surface area (Å²) in [5, 5.41) is 30.3. The molecule has 0 radical (unpaired) electrons. The lowest BCUT2D eigenvalue weighted by molar-refractivity contribution is -0.193. The molecule has 0 unspecified atom stereocenters. The van der Waals surface area contributed by atoms with E-state index >= 15 is 10.2 Å². The van der Waals surface area contributed by atoms with Crippen LogP contribution in [0.5, 0.6) is 0 Å². The van der Waals surface area contributed by atoms with Crippen molar-refractivity contribution in [1.82, 2.24) is 0 Å². The Morgan fingerprint density at radius 3 is 0.800 bits per heavy atom. The topological polar surface area (TPSA) is 58.9 Å². The van der Waals surface area contributed by atoms with Gasteiger partial charge in [0.1, 0.15) is 23.4 Å². The normalized spacial score (nSPS) is 31.7. The van der Waals surface area contributed by atoms with Crippen LogP contribution in [0.4, 0.5) is 0 Å². The quantitative estimate of drug-likeness (QED) is 0.0725. The first kappa shape index (κ1) is 62.5. The number of rotatable bonds is 22. The molecule has 1 saturated heterocycles. The zero-order valence-electron chi connectivity index (χ0n) is 53.9. The van der Waals surface area contributed by atoms with Gasteiger partial charge in [-0.1, -0.05) is 220 Å². The minimum atomic E-state index is -1.75. The van der Waals surface area contributed by atoms with Crippen LogP contribution < -0.4 is 0 Å². The standard InChI is InChI=1S/C81H112O4/c1-7-16-57-29-39-62(40-30-57)63-49-51-72(52-50-63)79(6)84-77(80(82,73-25-12-21-68(53-73)64-41-31-58(17-8-2)32-42-64)74-26-13-22-69(54-74)65-43-33-59(18-9-3)34-44-65)78(85-79)81(83,75-27-14-23-70(55-75)66-45-35-60(19-10-4)36-46-66)76-28-15-24-71(56-76)67-47-37-61(20-11-5)38-48-67/h12-15,21-28,49-62,64-67,77-78,82-83H,7-11,16-20,29-48H2,1-6H3/t57?,58?,59?,60?,61?,62?,64?,65?,66?,67?,77-,78-,79?,80?,81?/m1/s1. The molecule has 1 heterocycles. The third kappa shape index (κ3) is 13.9. The van der Waals surface area contributed by atoms with Crippen molar-refractivity contribution in [3.63, 3.8) is 0 Å². The Balaban J connectivity index is 1.07. The van der Waals surface area contributed by atoms with Crippen LogP contribution in [0.25, 0.3) is 0 Å². The van der Waals surface area contributed by atoms with Crippen molar-refractivity contribution in [3.05, 3.63) is 177 Å². The summed E-state index contributed by atoms with van der Waals surface area (Å²) in [5.41, 5.74) is 7.28. The molecular weight excluding hydrogens is 1040 g/mol. The van der Waals surface area contributed by atoms with Gasteiger partial charge >= 0.3 is 0 Å². The summed E-state index contributed by atoms with van der Waals surface area (Å²) < 4.78 is 15.8. The van der Waals surface area contributed by atoms with E-state index in [2.05, 4.69) is 163 Å². The van der Waals surface area contributed by atoms with Crippen molar-refractivity contribution in [3.8, 4) is 0 Å². The third-order valence-corrected chi connectivity index (χ3v) is 23.6. The van der Waals surface area contributed by atoms with E-state index in [9.17, 15) is 0 Å². The van der Waals surface area contributed by atoms with Crippen molar-refractivity contribution < 1.29 is 19.7 Å². The molecular formula is C81H112O4. The van der Waals surface area contributed by atoms with Gasteiger partial charge in [0.05, 0.1) is 0 Å². The maximum absolute atomic E-state index is 15.1. The molecule has 6 aliphatic rings. The van der Waals surface area contributed by atoms with E-state index in [1.807, 2.05) is 0 Å². The average Bonchev–Trinajstić information content (AvgIpc) is 1.75. The van der Waals surface area contributed by atoms with E-state index in [4.69, 9.17) is 9.47 Å². The molecule has 6 fully saturated rings. The molecule has 460 valence electrons. The Morgan fingerprint density at radius 2 is 0.565 bits per heavy atom. The van der Waals surface area contributed by atoms with Gasteiger partial charge in [-0.15, -0.1) is 0 Å². The summed E-state index contributed by atoms with van der Waals surface area (Å²) in [6.45, 7) is 13.7. The fourth-order valence-electron chi connectivity index (χ4n) is 18.5. The van der Waals surface area contributed by atoms with Gasteiger partial charge in [0.15, 0.2) is 5.79 Å². The van der Waals surface area contributed by atoms with Gasteiger partial charge < -0.3 is 19.7 Å². The van der Waals surface area contributed by atoms with E-state index in [0.717, 1.165) is 109 Å². The smallest absolute Gasteiger partial charge is 0.193 e. The van der Waals surface area contributed by atoms with Gasteiger partial charge in [0.2, 0.25) is 0 Å². The van der Waals surface area contributed by atoms with Crippen LogP contribution in [0.1, 0.15) is 319 Å². The van der Waals surface area contributed by atoms with Crippen LogP contribution in [0.3, 0.4) is 0 Å². The molecule has 5 aliphatic carbocycles. The van der Waals surface area contributed by atoms with Crippen LogP contribution in [-0.2, 0) is 26.5 Å². The molecule has 0 amide bonds. The fourth-order valence-corrected chi connectivity index (χ4v) is 18.5. The predicted molar refractivity (Wildman–Crippen MR) is 353 cm³/mol. The molecule has 85 heavy (non-hydrogen) atoms. The van der Waals surface area contributed by atoms with Crippen molar-refractivity contribution in [2.45, 2.75) is 293 Å². The second kappa shape index (κ2) is 28.6. The van der Waals surface area contributed by atoms with Gasteiger partial charge in [-0.25, -0.2) is 0 Å². The maximum atomic E-state index is 15.1. The first-order chi connectivity index (χ1) is 41.5. The SMILES string of the molecule is CCCC1CCC(c2ccc(C3(C)O[C@@H](C(O)(c4cccc(C5CCC(CCC)CC5)c4)c4cccc(C5CCC(CCC)CC5)c4)[C@H](C(O)(c4cccc(C5CCC(CCC)CC5)c4)c4cccc(C5CCC(CCC)CC5)c4)O3)cc2)CC1. The molecule has 4 nitrogen and oxygen atoms in total. The largest absolute Gasteiger partial charge is 0.378 e. The van der Waals surface area contributed by atoms with Crippen LogP contribution in [-0.4, -0.2) is 22.4 Å². The molecule has 2 N–H and O–H groups in total. The lowest BCUT2D eigenvalue weighted by atomic mass is 9.69. The highest BCUT2D eigenvalue weighted by Crippen LogP contribution is 2.55. The second-order valence-electron chi connectivity index (χ2n) is 29.2. The highest BCUT2D eigenvalue weighted by atomic mass is 16.8. The lowest BCUT2D eigenvalue weighted by Gasteiger charge is -2.43. The molecule has 0 spiro atoms. The van der Waals surface area contributed by atoms with E-state index in [1.54, 1.807) is 0 Å². The number of hydrogen-bond acceptors (Lipinski definition) is 4. The lowest BCUT2D eigenvalue weighted by Crippen LogP contribution is -2.55. The van der Waals surface area contributed by atoms with Crippen LogP contribution in [0, 0.1) is 29.6 Å². The van der Waals surface area contributed by atoms with Gasteiger partial charge in [-0.3, -0.25) is 0 Å². The van der Waals surface area contributed by atoms with E-state index < -0.39 is 29.2 Å². The van der Waals surface area contributed by atoms with Crippen LogP contribution >= 0.6 is 0 Å². The Kier molecular flexibility index (Phi) is 21.1. The summed E-state index contributed by atoms with van der Waals surface area (Å²) >= 11 is 0. The summed E-state index contributed by atoms with van der Waals surface area (Å²) in [4.78, 5) is 0. The minimum absolute atomic E-state index is 0.417. The Morgan fingerprint density at radius 1 is 0.329 bits per heavy atom. The molecule has 2 atom stereocenters. The number of hydrogen-bond donors (Lipinski definition) is 2. The van der Waals surface area contributed by atoms with E-state index in [1.165, 1.54) is 169 Å². The molecule has 5 saturated carbocycles. The van der Waals surface area contributed by atoms with Crippen molar-refractivity contribution in [2.24, 2.45) is 29.6 Å². The molecule has 1 aliphatic heterocycles. The zero-order chi connectivity index (χ0) is 59.0. The third-order valence-electron chi connectivity index (χ3n) is 23.6.